The van der Waals surface area contributed by atoms with Gasteiger partial charge in [-0.05, 0) is 19.3 Å². The van der Waals surface area contributed by atoms with Gasteiger partial charge in [0.25, 0.3) is 0 Å². The molecule has 3 rings (SSSR count). The fraction of sp³-hybridized carbons (Fsp3) is 0.800. The second-order valence-corrected chi connectivity index (χ2v) is 8.09. The normalized spacial score (nSPS) is 25.1. The smallest absolute Gasteiger partial charge is 0.0981 e. The van der Waals surface area contributed by atoms with Gasteiger partial charge < -0.3 is 5.32 Å². The minimum absolute atomic E-state index is 0.180. The van der Waals surface area contributed by atoms with Gasteiger partial charge in [-0.15, -0.1) is 11.3 Å². The first-order valence-electron chi connectivity index (χ1n) is 7.45. The van der Waals surface area contributed by atoms with E-state index in [0.717, 1.165) is 12.6 Å². The molecule has 0 bridgehead atoms. The van der Waals surface area contributed by atoms with Crippen LogP contribution in [0.25, 0.3) is 0 Å². The van der Waals surface area contributed by atoms with Gasteiger partial charge in [0.05, 0.1) is 5.01 Å². The summed E-state index contributed by atoms with van der Waals surface area (Å²) in [6.45, 7) is 10.2. The Bertz CT molecular complexity index is 431. The van der Waals surface area contributed by atoms with Crippen molar-refractivity contribution in [3.63, 3.8) is 0 Å². The molecule has 1 aromatic heterocycles. The van der Waals surface area contributed by atoms with Crippen LogP contribution in [0.2, 0.25) is 0 Å². The summed E-state index contributed by atoms with van der Waals surface area (Å²) in [7, 11) is 0. The van der Waals surface area contributed by atoms with E-state index >= 15 is 0 Å². The summed E-state index contributed by atoms with van der Waals surface area (Å²) in [5.74, 6) is 0. The monoisotopic (exact) mass is 279 g/mol. The zero-order valence-corrected chi connectivity index (χ0v) is 13.1. The molecule has 1 aromatic rings. The molecule has 106 valence electrons. The Labute approximate surface area is 120 Å². The van der Waals surface area contributed by atoms with Gasteiger partial charge in [-0.3, -0.25) is 4.90 Å². The molecule has 1 saturated carbocycles. The first-order valence-corrected chi connectivity index (χ1v) is 8.26. The molecule has 0 amide bonds. The number of hydrogen-bond acceptors (Lipinski definition) is 4. The van der Waals surface area contributed by atoms with E-state index in [4.69, 9.17) is 0 Å². The van der Waals surface area contributed by atoms with E-state index in [-0.39, 0.29) is 5.41 Å². The predicted molar refractivity (Wildman–Crippen MR) is 80.7 cm³/mol. The van der Waals surface area contributed by atoms with Gasteiger partial charge in [-0.2, -0.15) is 0 Å². The Morgan fingerprint density at radius 2 is 2.16 bits per heavy atom. The predicted octanol–water partition coefficient (Wildman–Crippen LogP) is 2.77. The van der Waals surface area contributed by atoms with Crippen molar-refractivity contribution in [2.24, 2.45) is 0 Å². The van der Waals surface area contributed by atoms with E-state index in [1.165, 1.54) is 42.2 Å². The average molecular weight is 279 g/mol. The third kappa shape index (κ3) is 3.36. The molecule has 1 aliphatic carbocycles. The molecule has 19 heavy (non-hydrogen) atoms. The highest BCUT2D eigenvalue weighted by Crippen LogP contribution is 2.30. The Morgan fingerprint density at radius 1 is 1.37 bits per heavy atom. The van der Waals surface area contributed by atoms with Crippen LogP contribution in [0.4, 0.5) is 0 Å². The van der Waals surface area contributed by atoms with Gasteiger partial charge in [-0.1, -0.05) is 20.8 Å². The fourth-order valence-corrected chi connectivity index (χ4v) is 3.63. The number of rotatable bonds is 4. The van der Waals surface area contributed by atoms with E-state index in [1.54, 1.807) is 0 Å². The quantitative estimate of drug-likeness (QED) is 0.918. The van der Waals surface area contributed by atoms with Crippen LogP contribution in [0.3, 0.4) is 0 Å². The van der Waals surface area contributed by atoms with Crippen LogP contribution >= 0.6 is 11.3 Å². The minimum atomic E-state index is 0.180. The number of nitrogens with zero attached hydrogens (tertiary/aromatic N) is 2. The topological polar surface area (TPSA) is 28.2 Å². The number of nitrogens with one attached hydrogen (secondary N) is 1. The number of aromatic nitrogens is 1. The molecule has 2 fully saturated rings. The van der Waals surface area contributed by atoms with Crippen molar-refractivity contribution in [3.8, 4) is 0 Å². The fourth-order valence-electron chi connectivity index (χ4n) is 2.71. The van der Waals surface area contributed by atoms with E-state index in [1.807, 2.05) is 17.5 Å². The van der Waals surface area contributed by atoms with E-state index in [2.05, 4.69) is 36.0 Å². The molecule has 4 heteroatoms. The molecule has 2 heterocycles. The van der Waals surface area contributed by atoms with Crippen LogP contribution in [0, 0.1) is 0 Å². The first-order chi connectivity index (χ1) is 9.02. The maximum atomic E-state index is 4.55. The van der Waals surface area contributed by atoms with Crippen molar-refractivity contribution in [1.29, 1.82) is 0 Å². The molecule has 1 aliphatic heterocycles. The van der Waals surface area contributed by atoms with E-state index < -0.39 is 0 Å². The Kier molecular flexibility index (Phi) is 3.67. The summed E-state index contributed by atoms with van der Waals surface area (Å²) in [6, 6.07) is 1.60. The van der Waals surface area contributed by atoms with Gasteiger partial charge in [0, 0.05) is 48.2 Å². The van der Waals surface area contributed by atoms with Crippen LogP contribution in [-0.4, -0.2) is 35.1 Å². The van der Waals surface area contributed by atoms with Gasteiger partial charge in [-0.25, -0.2) is 4.98 Å². The summed E-state index contributed by atoms with van der Waals surface area (Å²) < 4.78 is 0. The first kappa shape index (κ1) is 13.5. The molecule has 0 radical (unpaired) electrons. The molecular formula is C15H25N3S. The van der Waals surface area contributed by atoms with Gasteiger partial charge in [0.15, 0.2) is 0 Å². The number of thiazole rings is 1. The van der Waals surface area contributed by atoms with Crippen molar-refractivity contribution in [1.82, 2.24) is 15.2 Å². The van der Waals surface area contributed by atoms with Crippen molar-refractivity contribution >= 4 is 11.3 Å². The largest absolute Gasteiger partial charge is 0.308 e. The van der Waals surface area contributed by atoms with Gasteiger partial charge in [0.1, 0.15) is 0 Å². The highest BCUT2D eigenvalue weighted by molar-refractivity contribution is 7.11. The summed E-state index contributed by atoms with van der Waals surface area (Å²) in [4.78, 5) is 8.58. The van der Waals surface area contributed by atoms with Crippen LogP contribution in [0.15, 0.2) is 6.20 Å². The summed E-state index contributed by atoms with van der Waals surface area (Å²) in [6.07, 6.45) is 6.21. The lowest BCUT2D eigenvalue weighted by molar-refractivity contribution is 0.317. The molecule has 1 saturated heterocycles. The Morgan fingerprint density at radius 3 is 2.79 bits per heavy atom. The molecule has 0 spiro atoms. The third-order valence-electron chi connectivity index (χ3n) is 4.04. The molecule has 1 unspecified atom stereocenters. The van der Waals surface area contributed by atoms with E-state index in [9.17, 15) is 0 Å². The standard InChI is InChI=1S/C15H25N3S/c1-15(2,3)14-17-9-13(19-14)8-16-11-6-7-18(10-11)12-4-5-12/h9,11-12,16H,4-8,10H2,1-3H3. The highest BCUT2D eigenvalue weighted by atomic mass is 32.1. The zero-order chi connectivity index (χ0) is 13.5. The zero-order valence-electron chi connectivity index (χ0n) is 12.3. The second-order valence-electron chi connectivity index (χ2n) is 6.97. The van der Waals surface area contributed by atoms with Crippen molar-refractivity contribution in [3.05, 3.63) is 16.1 Å². The second kappa shape index (κ2) is 5.15. The lowest BCUT2D eigenvalue weighted by Crippen LogP contribution is -2.32. The molecule has 0 aromatic carbocycles. The van der Waals surface area contributed by atoms with Crippen LogP contribution in [-0.2, 0) is 12.0 Å². The lowest BCUT2D eigenvalue weighted by Gasteiger charge is -2.15. The summed E-state index contributed by atoms with van der Waals surface area (Å²) in [5, 5.41) is 4.95. The number of hydrogen-bond donors (Lipinski definition) is 1. The van der Waals surface area contributed by atoms with Gasteiger partial charge in [0.2, 0.25) is 0 Å². The van der Waals surface area contributed by atoms with Crippen LogP contribution < -0.4 is 5.32 Å². The van der Waals surface area contributed by atoms with Gasteiger partial charge >= 0.3 is 0 Å². The van der Waals surface area contributed by atoms with Crippen LogP contribution in [0.5, 0.6) is 0 Å². The van der Waals surface area contributed by atoms with E-state index in [0.29, 0.717) is 6.04 Å². The summed E-state index contributed by atoms with van der Waals surface area (Å²) in [5.41, 5.74) is 0.180. The maximum Gasteiger partial charge on any atom is 0.0981 e. The number of likely N-dealkylation sites (tertiary alicyclic amines) is 1. The Balaban J connectivity index is 1.48. The molecule has 2 aliphatic rings. The third-order valence-corrected chi connectivity index (χ3v) is 5.47. The van der Waals surface area contributed by atoms with Crippen molar-refractivity contribution < 1.29 is 0 Å². The maximum absolute atomic E-state index is 4.55. The highest BCUT2D eigenvalue weighted by Gasteiger charge is 2.34. The minimum Gasteiger partial charge on any atom is -0.308 e. The SMILES string of the molecule is CC(C)(C)c1ncc(CNC2CCN(C3CC3)C2)s1. The average Bonchev–Trinajstić information content (AvgIpc) is 2.91. The van der Waals surface area contributed by atoms with Crippen LogP contribution in [0.1, 0.15) is 49.9 Å². The Hall–Kier alpha value is -0.450. The molecular weight excluding hydrogens is 254 g/mol. The molecule has 1 N–H and O–H groups in total. The molecule has 1 atom stereocenters. The molecule has 3 nitrogen and oxygen atoms in total. The van der Waals surface area contributed by atoms with Crippen molar-refractivity contribution in [2.75, 3.05) is 13.1 Å². The summed E-state index contributed by atoms with van der Waals surface area (Å²) >= 11 is 1.86. The lowest BCUT2D eigenvalue weighted by atomic mass is 9.98. The van der Waals surface area contributed by atoms with Crippen molar-refractivity contribution in [2.45, 2.75) is 64.1 Å².